The second-order valence-electron chi connectivity index (χ2n) is 5.51. The molecule has 1 aromatic heterocycles. The number of rotatable bonds is 7. The van der Waals surface area contributed by atoms with Crippen LogP contribution in [0.2, 0.25) is 0 Å². The van der Waals surface area contributed by atoms with Gasteiger partial charge >= 0.3 is 5.97 Å². The number of fused-ring (bicyclic) bond motifs is 1. The molecule has 0 bridgehead atoms. The Labute approximate surface area is 159 Å². The number of halogens is 1. The normalized spacial score (nSPS) is 10.7. The van der Waals surface area contributed by atoms with E-state index in [1.54, 1.807) is 13.0 Å². The van der Waals surface area contributed by atoms with Crippen molar-refractivity contribution in [3.63, 3.8) is 0 Å². The number of carbonyl (C=O) groups is 2. The molecule has 0 unspecified atom stereocenters. The van der Waals surface area contributed by atoms with E-state index in [4.69, 9.17) is 9.15 Å². The lowest BCUT2D eigenvalue weighted by molar-refractivity contribution is -0.145. The minimum Gasteiger partial charge on any atom is -0.455 e. The standard InChI is InChI=1S/C19H17FN2O4S/c1-2-22(14-9-7-13(20)8-10-14)17(23)11-25-18(24)12-27-19-21-15-5-3-4-6-16(15)26-19/h3-10H,2,11-12H2,1H3. The van der Waals surface area contributed by atoms with Crippen LogP contribution in [0.5, 0.6) is 0 Å². The Morgan fingerprint density at radius 2 is 1.93 bits per heavy atom. The Hall–Kier alpha value is -2.87. The van der Waals surface area contributed by atoms with E-state index in [9.17, 15) is 14.0 Å². The first-order chi connectivity index (χ1) is 13.1. The number of esters is 1. The number of nitrogens with zero attached hydrogens (tertiary/aromatic N) is 2. The molecule has 140 valence electrons. The average molecular weight is 388 g/mol. The maximum atomic E-state index is 13.0. The second-order valence-corrected chi connectivity index (χ2v) is 6.44. The van der Waals surface area contributed by atoms with Crippen LogP contribution < -0.4 is 4.90 Å². The second kappa shape index (κ2) is 8.68. The number of ether oxygens (including phenoxy) is 1. The number of hydrogen-bond donors (Lipinski definition) is 0. The third kappa shape index (κ3) is 4.85. The smallest absolute Gasteiger partial charge is 0.316 e. The number of amides is 1. The van der Waals surface area contributed by atoms with Gasteiger partial charge in [0.25, 0.3) is 11.1 Å². The summed E-state index contributed by atoms with van der Waals surface area (Å²) in [6, 6.07) is 12.8. The van der Waals surface area contributed by atoms with Crippen LogP contribution in [0.4, 0.5) is 10.1 Å². The molecule has 1 amide bonds. The molecule has 0 fully saturated rings. The highest BCUT2D eigenvalue weighted by molar-refractivity contribution is 7.99. The fourth-order valence-electron chi connectivity index (χ4n) is 2.42. The molecule has 27 heavy (non-hydrogen) atoms. The lowest BCUT2D eigenvalue weighted by Crippen LogP contribution is -2.34. The highest BCUT2D eigenvalue weighted by Gasteiger charge is 2.17. The summed E-state index contributed by atoms with van der Waals surface area (Å²) in [5, 5.41) is 0.362. The Kier molecular flexibility index (Phi) is 6.08. The highest BCUT2D eigenvalue weighted by Crippen LogP contribution is 2.23. The summed E-state index contributed by atoms with van der Waals surface area (Å²) < 4.78 is 23.6. The van der Waals surface area contributed by atoms with Crippen molar-refractivity contribution in [3.8, 4) is 0 Å². The zero-order valence-electron chi connectivity index (χ0n) is 14.6. The van der Waals surface area contributed by atoms with Crippen LogP contribution in [0.25, 0.3) is 11.1 Å². The monoisotopic (exact) mass is 388 g/mol. The first kappa shape index (κ1) is 18.9. The van der Waals surface area contributed by atoms with Crippen LogP contribution in [0, 0.1) is 5.82 Å². The number of likely N-dealkylation sites (N-methyl/N-ethyl adjacent to an activating group) is 1. The molecule has 0 atom stereocenters. The zero-order chi connectivity index (χ0) is 19.2. The predicted molar refractivity (Wildman–Crippen MR) is 100 cm³/mol. The average Bonchev–Trinajstić information content (AvgIpc) is 3.10. The minimum absolute atomic E-state index is 0.0250. The van der Waals surface area contributed by atoms with Gasteiger partial charge < -0.3 is 14.1 Å². The van der Waals surface area contributed by atoms with Crippen molar-refractivity contribution in [2.75, 3.05) is 23.8 Å². The largest absolute Gasteiger partial charge is 0.455 e. The van der Waals surface area contributed by atoms with Gasteiger partial charge in [0, 0.05) is 12.2 Å². The summed E-state index contributed by atoms with van der Waals surface area (Å²) in [6.07, 6.45) is 0. The van der Waals surface area contributed by atoms with E-state index < -0.39 is 12.6 Å². The van der Waals surface area contributed by atoms with Crippen molar-refractivity contribution in [2.24, 2.45) is 0 Å². The number of benzene rings is 2. The molecule has 3 rings (SSSR count). The Morgan fingerprint density at radius 3 is 2.63 bits per heavy atom. The maximum absolute atomic E-state index is 13.0. The van der Waals surface area contributed by atoms with Crippen molar-refractivity contribution in [1.82, 2.24) is 4.98 Å². The summed E-state index contributed by atoms with van der Waals surface area (Å²) in [5.74, 6) is -1.34. The molecule has 1 heterocycles. The van der Waals surface area contributed by atoms with Crippen LogP contribution in [0.3, 0.4) is 0 Å². The van der Waals surface area contributed by atoms with Crippen molar-refractivity contribution in [2.45, 2.75) is 12.1 Å². The van der Waals surface area contributed by atoms with Crippen molar-refractivity contribution >= 4 is 40.4 Å². The Bertz CT molecular complexity index is 909. The topological polar surface area (TPSA) is 72.6 Å². The molecule has 0 radical (unpaired) electrons. The number of aromatic nitrogens is 1. The number of thioether (sulfide) groups is 1. The minimum atomic E-state index is -0.550. The molecule has 6 nitrogen and oxygen atoms in total. The van der Waals surface area contributed by atoms with E-state index in [0.717, 1.165) is 11.8 Å². The first-order valence-electron chi connectivity index (χ1n) is 8.26. The van der Waals surface area contributed by atoms with Crippen molar-refractivity contribution in [1.29, 1.82) is 0 Å². The summed E-state index contributed by atoms with van der Waals surface area (Å²) in [4.78, 5) is 29.8. The molecule has 0 aliphatic rings. The van der Waals surface area contributed by atoms with Crippen LogP contribution in [0.1, 0.15) is 6.92 Å². The molecule has 3 aromatic rings. The van der Waals surface area contributed by atoms with Gasteiger partial charge in [-0.05, 0) is 43.3 Å². The van der Waals surface area contributed by atoms with Crippen molar-refractivity contribution in [3.05, 3.63) is 54.3 Å². The zero-order valence-corrected chi connectivity index (χ0v) is 15.4. The van der Waals surface area contributed by atoms with Crippen LogP contribution >= 0.6 is 11.8 Å². The van der Waals surface area contributed by atoms with Gasteiger partial charge in [-0.3, -0.25) is 9.59 Å². The predicted octanol–water partition coefficient (Wildman–Crippen LogP) is 3.66. The number of para-hydroxylation sites is 2. The summed E-state index contributed by atoms with van der Waals surface area (Å²) >= 11 is 1.10. The van der Waals surface area contributed by atoms with Gasteiger partial charge in [0.15, 0.2) is 12.2 Å². The van der Waals surface area contributed by atoms with Gasteiger partial charge in [0.05, 0.1) is 0 Å². The number of oxazole rings is 1. The maximum Gasteiger partial charge on any atom is 0.316 e. The molecule has 0 aliphatic carbocycles. The summed E-state index contributed by atoms with van der Waals surface area (Å²) in [5.41, 5.74) is 1.89. The first-order valence-corrected chi connectivity index (χ1v) is 9.25. The fraction of sp³-hybridized carbons (Fsp3) is 0.211. The SMILES string of the molecule is CCN(C(=O)COC(=O)CSc1nc2ccccc2o1)c1ccc(F)cc1. The van der Waals surface area contributed by atoms with Crippen LogP contribution in [-0.4, -0.2) is 35.8 Å². The van der Waals surface area contributed by atoms with Gasteiger partial charge in [-0.2, -0.15) is 0 Å². The molecule has 0 aliphatic heterocycles. The molecule has 0 saturated heterocycles. The van der Waals surface area contributed by atoms with Crippen LogP contribution in [-0.2, 0) is 14.3 Å². The molecule has 2 aromatic carbocycles. The number of hydrogen-bond acceptors (Lipinski definition) is 6. The lowest BCUT2D eigenvalue weighted by atomic mass is 10.2. The van der Waals surface area contributed by atoms with E-state index >= 15 is 0 Å². The fourth-order valence-corrected chi connectivity index (χ4v) is 3.06. The van der Waals surface area contributed by atoms with Gasteiger partial charge in [-0.25, -0.2) is 9.37 Å². The Morgan fingerprint density at radius 1 is 1.19 bits per heavy atom. The van der Waals surface area contributed by atoms with E-state index in [1.807, 2.05) is 18.2 Å². The summed E-state index contributed by atoms with van der Waals surface area (Å²) in [7, 11) is 0. The van der Waals surface area contributed by atoms with E-state index in [0.29, 0.717) is 28.6 Å². The van der Waals surface area contributed by atoms with E-state index in [2.05, 4.69) is 4.98 Å². The van der Waals surface area contributed by atoms with Gasteiger partial charge in [0.2, 0.25) is 0 Å². The van der Waals surface area contributed by atoms with Crippen molar-refractivity contribution < 1.29 is 23.1 Å². The molecule has 8 heteroatoms. The van der Waals surface area contributed by atoms with E-state index in [-0.39, 0.29) is 17.5 Å². The molecule has 0 saturated carbocycles. The van der Waals surface area contributed by atoms with Gasteiger partial charge in [-0.15, -0.1) is 0 Å². The van der Waals surface area contributed by atoms with Gasteiger partial charge in [-0.1, -0.05) is 23.9 Å². The molecule has 0 spiro atoms. The summed E-state index contributed by atoms with van der Waals surface area (Å²) in [6.45, 7) is 1.77. The third-order valence-corrected chi connectivity index (χ3v) is 4.50. The lowest BCUT2D eigenvalue weighted by Gasteiger charge is -2.20. The Balaban J connectivity index is 1.50. The quantitative estimate of drug-likeness (QED) is 0.454. The number of anilines is 1. The van der Waals surface area contributed by atoms with E-state index in [1.165, 1.54) is 29.2 Å². The van der Waals surface area contributed by atoms with Gasteiger partial charge in [0.1, 0.15) is 17.1 Å². The molecular formula is C19H17FN2O4S. The highest BCUT2D eigenvalue weighted by atomic mass is 32.2. The molecule has 0 N–H and O–H groups in total. The third-order valence-electron chi connectivity index (χ3n) is 3.70. The molecular weight excluding hydrogens is 371 g/mol. The number of carbonyl (C=O) groups excluding carboxylic acids is 2. The van der Waals surface area contributed by atoms with Crippen LogP contribution in [0.15, 0.2) is 58.2 Å².